The summed E-state index contributed by atoms with van der Waals surface area (Å²) in [6.45, 7) is 6.32. The minimum absolute atomic E-state index is 0.0278. The first kappa shape index (κ1) is 20.8. The number of ether oxygens (including phenoxy) is 1. The molecule has 6 nitrogen and oxygen atoms in total. The zero-order chi connectivity index (χ0) is 21.0. The van der Waals surface area contributed by atoms with Crippen LogP contribution in [0.15, 0.2) is 44.2 Å². The van der Waals surface area contributed by atoms with Crippen molar-refractivity contribution in [2.24, 2.45) is 0 Å². The predicted octanol–water partition coefficient (Wildman–Crippen LogP) is 4.15. The Morgan fingerprint density at radius 1 is 1.24 bits per heavy atom. The third-order valence-corrected chi connectivity index (χ3v) is 5.31. The maximum atomic E-state index is 12.1. The fourth-order valence-corrected chi connectivity index (χ4v) is 3.77. The number of rotatable bonds is 7. The van der Waals surface area contributed by atoms with E-state index < -0.39 is 11.6 Å². The van der Waals surface area contributed by atoms with Gasteiger partial charge in [-0.25, -0.2) is 4.79 Å². The lowest BCUT2D eigenvalue weighted by Crippen LogP contribution is -2.26. The normalized spacial score (nSPS) is 11.0. The average Bonchev–Trinajstić information content (AvgIpc) is 3.20. The molecule has 7 heteroatoms. The number of aryl methyl sites for hydroxylation is 1. The van der Waals surface area contributed by atoms with Crippen molar-refractivity contribution in [3.63, 3.8) is 0 Å². The summed E-state index contributed by atoms with van der Waals surface area (Å²) < 4.78 is 10.6. The van der Waals surface area contributed by atoms with Gasteiger partial charge < -0.3 is 14.5 Å². The fraction of sp³-hybridized carbons (Fsp3) is 0.318. The Morgan fingerprint density at radius 2 is 2.03 bits per heavy atom. The Hall–Kier alpha value is -2.93. The number of hydrogen-bond acceptors (Lipinski definition) is 6. The van der Waals surface area contributed by atoms with E-state index in [1.165, 1.54) is 17.4 Å². The number of fused-ring (bicyclic) bond motifs is 1. The van der Waals surface area contributed by atoms with Crippen molar-refractivity contribution < 1.29 is 18.7 Å². The summed E-state index contributed by atoms with van der Waals surface area (Å²) in [6.07, 6.45) is 0.0472. The first-order valence-corrected chi connectivity index (χ1v) is 10.3. The molecule has 0 unspecified atom stereocenters. The Bertz CT molecular complexity index is 1080. The van der Waals surface area contributed by atoms with Crippen LogP contribution in [0.5, 0.6) is 0 Å². The quantitative estimate of drug-likeness (QED) is 0.465. The third kappa shape index (κ3) is 5.12. The number of thiophene rings is 1. The molecule has 0 saturated carbocycles. The summed E-state index contributed by atoms with van der Waals surface area (Å²) in [7, 11) is 0. The van der Waals surface area contributed by atoms with Gasteiger partial charge in [-0.05, 0) is 47.5 Å². The summed E-state index contributed by atoms with van der Waals surface area (Å²) in [6, 6.07) is 6.91. The number of carbonyl (C=O) groups excluding carboxylic acids is 2. The molecule has 0 aliphatic heterocycles. The molecule has 0 spiro atoms. The van der Waals surface area contributed by atoms with Gasteiger partial charge in [0.25, 0.3) is 5.91 Å². The summed E-state index contributed by atoms with van der Waals surface area (Å²) in [5.41, 5.74) is 3.37. The monoisotopic (exact) mass is 413 g/mol. The van der Waals surface area contributed by atoms with E-state index in [-0.39, 0.29) is 25.5 Å². The number of benzene rings is 1. The van der Waals surface area contributed by atoms with Crippen LogP contribution in [0.2, 0.25) is 0 Å². The van der Waals surface area contributed by atoms with Crippen LogP contribution in [-0.4, -0.2) is 18.4 Å². The zero-order valence-corrected chi connectivity index (χ0v) is 17.4. The molecule has 0 radical (unpaired) electrons. The smallest absolute Gasteiger partial charge is 0.336 e. The van der Waals surface area contributed by atoms with Crippen LogP contribution in [0.4, 0.5) is 0 Å². The highest BCUT2D eigenvalue weighted by atomic mass is 32.1. The molecule has 2 aromatic heterocycles. The molecule has 0 saturated heterocycles. The second-order valence-electron chi connectivity index (χ2n) is 7.13. The van der Waals surface area contributed by atoms with E-state index in [2.05, 4.69) is 19.2 Å². The van der Waals surface area contributed by atoms with E-state index >= 15 is 0 Å². The largest absolute Gasteiger partial charge is 0.461 e. The number of carbonyl (C=O) groups is 2. The van der Waals surface area contributed by atoms with Crippen molar-refractivity contribution in [1.82, 2.24) is 5.32 Å². The maximum absolute atomic E-state index is 12.1. The van der Waals surface area contributed by atoms with Crippen molar-refractivity contribution in [3.05, 3.63) is 67.7 Å². The minimum atomic E-state index is -0.483. The van der Waals surface area contributed by atoms with Gasteiger partial charge in [0.15, 0.2) is 0 Å². The van der Waals surface area contributed by atoms with Crippen molar-refractivity contribution in [1.29, 1.82) is 0 Å². The molecular formula is C22H23NO5S. The highest BCUT2D eigenvalue weighted by Crippen LogP contribution is 2.27. The van der Waals surface area contributed by atoms with Gasteiger partial charge in [0, 0.05) is 34.5 Å². The van der Waals surface area contributed by atoms with Crippen LogP contribution in [0.1, 0.15) is 53.2 Å². The predicted molar refractivity (Wildman–Crippen MR) is 112 cm³/mol. The molecule has 2 heterocycles. The molecule has 0 atom stereocenters. The Kier molecular flexibility index (Phi) is 6.49. The van der Waals surface area contributed by atoms with Gasteiger partial charge in [0.05, 0.1) is 6.42 Å². The van der Waals surface area contributed by atoms with Gasteiger partial charge in [-0.2, -0.15) is 11.3 Å². The Balaban J connectivity index is 1.65. The molecule has 0 fully saturated rings. The molecule has 0 aliphatic rings. The highest BCUT2D eigenvalue weighted by molar-refractivity contribution is 7.08. The van der Waals surface area contributed by atoms with Crippen molar-refractivity contribution >= 4 is 34.2 Å². The first-order chi connectivity index (χ1) is 13.8. The van der Waals surface area contributed by atoms with E-state index in [0.717, 1.165) is 16.5 Å². The van der Waals surface area contributed by atoms with Crippen molar-refractivity contribution in [2.75, 3.05) is 6.54 Å². The highest BCUT2D eigenvalue weighted by Gasteiger charge is 2.13. The molecule has 1 aromatic carbocycles. The number of hydrogen-bond donors (Lipinski definition) is 1. The Labute approximate surface area is 172 Å². The second-order valence-corrected chi connectivity index (χ2v) is 7.91. The standard InChI is InChI=1S/C22H23NO5S/c1-13(2)17-10-18-16(9-21(25)28-19(18)8-14(17)3)11-27-20(24)4-6-23-22(26)15-5-7-29-12-15/h5,7-10,12-13H,4,6,11H2,1-3H3,(H,23,26). The lowest BCUT2D eigenvalue weighted by molar-refractivity contribution is -0.144. The van der Waals surface area contributed by atoms with Crippen molar-refractivity contribution in [2.45, 2.75) is 39.7 Å². The summed E-state index contributed by atoms with van der Waals surface area (Å²) >= 11 is 1.43. The topological polar surface area (TPSA) is 85.6 Å². The van der Waals surface area contributed by atoms with Crippen LogP contribution in [-0.2, 0) is 16.1 Å². The first-order valence-electron chi connectivity index (χ1n) is 9.38. The van der Waals surface area contributed by atoms with Gasteiger partial charge in [-0.1, -0.05) is 13.8 Å². The van der Waals surface area contributed by atoms with Gasteiger partial charge in [0.1, 0.15) is 12.2 Å². The molecule has 29 heavy (non-hydrogen) atoms. The summed E-state index contributed by atoms with van der Waals surface area (Å²) in [5, 5.41) is 7.00. The molecular weight excluding hydrogens is 390 g/mol. The lowest BCUT2D eigenvalue weighted by Gasteiger charge is -2.13. The molecule has 1 N–H and O–H groups in total. The van der Waals surface area contributed by atoms with E-state index in [4.69, 9.17) is 9.15 Å². The Morgan fingerprint density at radius 3 is 2.72 bits per heavy atom. The molecule has 152 valence electrons. The van der Waals surface area contributed by atoms with Crippen molar-refractivity contribution in [3.8, 4) is 0 Å². The molecule has 1 amide bonds. The maximum Gasteiger partial charge on any atom is 0.336 e. The van der Waals surface area contributed by atoms with Crippen LogP contribution in [0.3, 0.4) is 0 Å². The number of amides is 1. The molecule has 3 aromatic rings. The zero-order valence-electron chi connectivity index (χ0n) is 16.6. The molecule has 0 bridgehead atoms. The summed E-state index contributed by atoms with van der Waals surface area (Å²) in [5.74, 6) is -0.357. The second kappa shape index (κ2) is 9.05. The lowest BCUT2D eigenvalue weighted by atomic mass is 9.95. The SMILES string of the molecule is Cc1cc2oc(=O)cc(COC(=O)CCNC(=O)c3ccsc3)c2cc1C(C)C. The van der Waals surface area contributed by atoms with E-state index in [1.54, 1.807) is 11.4 Å². The summed E-state index contributed by atoms with van der Waals surface area (Å²) in [4.78, 5) is 35.8. The van der Waals surface area contributed by atoms with Crippen LogP contribution < -0.4 is 10.9 Å². The minimum Gasteiger partial charge on any atom is -0.461 e. The van der Waals surface area contributed by atoms with Crippen LogP contribution in [0, 0.1) is 6.92 Å². The average molecular weight is 413 g/mol. The molecule has 0 aliphatic carbocycles. The number of esters is 1. The van der Waals surface area contributed by atoms with E-state index in [1.807, 2.05) is 24.4 Å². The molecule has 3 rings (SSSR count). The van der Waals surface area contributed by atoms with Gasteiger partial charge in [-0.3, -0.25) is 9.59 Å². The van der Waals surface area contributed by atoms with Crippen LogP contribution in [0.25, 0.3) is 11.0 Å². The number of nitrogens with one attached hydrogen (secondary N) is 1. The van der Waals surface area contributed by atoms with Gasteiger partial charge in [0.2, 0.25) is 0 Å². The fourth-order valence-electron chi connectivity index (χ4n) is 3.14. The van der Waals surface area contributed by atoms with E-state index in [0.29, 0.717) is 22.6 Å². The van der Waals surface area contributed by atoms with Gasteiger partial charge >= 0.3 is 11.6 Å². The van der Waals surface area contributed by atoms with Gasteiger partial charge in [-0.15, -0.1) is 0 Å². The van der Waals surface area contributed by atoms with Crippen LogP contribution >= 0.6 is 11.3 Å². The third-order valence-electron chi connectivity index (χ3n) is 4.63. The van der Waals surface area contributed by atoms with E-state index in [9.17, 15) is 14.4 Å².